The molecule has 0 N–H and O–H groups in total. The number of nitrogens with zero attached hydrogens (tertiary/aromatic N) is 3. The van der Waals surface area contributed by atoms with Crippen LogP contribution in [0.3, 0.4) is 0 Å². The number of carbonyl (C=O) groups excluding carboxylic acids is 2. The number of Topliss-reactive ketones (excluding diaryl/α,β-unsaturated/α-hetero) is 1. The van der Waals surface area contributed by atoms with Gasteiger partial charge in [-0.1, -0.05) is 25.1 Å². The fourth-order valence-electron chi connectivity index (χ4n) is 3.65. The fraction of sp³-hybridized carbons (Fsp3) is 0.217. The first kappa shape index (κ1) is 19.6. The van der Waals surface area contributed by atoms with Crippen molar-refractivity contribution in [2.75, 3.05) is 7.11 Å². The average Bonchev–Trinajstić information content (AvgIpc) is 3.14. The predicted molar refractivity (Wildman–Crippen MR) is 114 cm³/mol. The van der Waals surface area contributed by atoms with E-state index in [2.05, 4.69) is 16.5 Å². The quantitative estimate of drug-likeness (QED) is 0.364. The molecule has 0 spiro atoms. The number of fused-ring (bicyclic) bond motifs is 2. The van der Waals surface area contributed by atoms with Gasteiger partial charge in [0.25, 0.3) is 5.56 Å². The lowest BCUT2D eigenvalue weighted by Gasteiger charge is -2.07. The number of esters is 1. The molecule has 0 aliphatic carbocycles. The number of rotatable bonds is 6. The van der Waals surface area contributed by atoms with Crippen LogP contribution in [0.2, 0.25) is 0 Å². The van der Waals surface area contributed by atoms with Gasteiger partial charge in [0.1, 0.15) is 0 Å². The summed E-state index contributed by atoms with van der Waals surface area (Å²) in [5.41, 5.74) is 1.96. The molecule has 0 fully saturated rings. The number of methoxy groups -OCH3 is 1. The number of ether oxygens (including phenoxy) is 1. The van der Waals surface area contributed by atoms with Crippen LogP contribution in [-0.4, -0.2) is 33.0 Å². The number of aromatic nitrogens is 3. The molecule has 4 rings (SSSR count). The zero-order valence-electron chi connectivity index (χ0n) is 16.8. The second-order valence-corrected chi connectivity index (χ2v) is 7.08. The van der Waals surface area contributed by atoms with E-state index in [4.69, 9.17) is 4.74 Å². The summed E-state index contributed by atoms with van der Waals surface area (Å²) < 4.78 is 8.07. The lowest BCUT2D eigenvalue weighted by atomic mass is 10.1. The van der Waals surface area contributed by atoms with Crippen LogP contribution in [0.15, 0.2) is 59.8 Å². The largest absolute Gasteiger partial charge is 0.465 e. The molecule has 0 radical (unpaired) electrons. The van der Waals surface area contributed by atoms with Crippen molar-refractivity contribution in [2.24, 2.45) is 0 Å². The molecule has 0 saturated heterocycles. The van der Waals surface area contributed by atoms with Crippen LogP contribution in [-0.2, 0) is 17.8 Å². The van der Waals surface area contributed by atoms with Crippen molar-refractivity contribution >= 4 is 33.6 Å². The second-order valence-electron chi connectivity index (χ2n) is 7.08. The Labute approximate surface area is 172 Å². The highest BCUT2D eigenvalue weighted by molar-refractivity contribution is 6.08. The highest BCUT2D eigenvalue weighted by atomic mass is 16.5. The maximum Gasteiger partial charge on any atom is 0.337 e. The minimum Gasteiger partial charge on any atom is -0.465 e. The molecule has 0 saturated carbocycles. The Bertz CT molecular complexity index is 1330. The summed E-state index contributed by atoms with van der Waals surface area (Å²) in [5, 5.41) is 1.21. The predicted octanol–water partition coefficient (Wildman–Crippen LogP) is 3.43. The number of hydrogen-bond acceptors (Lipinski definition) is 5. The Hall–Kier alpha value is -3.74. The van der Waals surface area contributed by atoms with E-state index in [0.717, 1.165) is 23.9 Å². The van der Waals surface area contributed by atoms with Crippen molar-refractivity contribution in [2.45, 2.75) is 26.4 Å². The van der Waals surface area contributed by atoms with Crippen molar-refractivity contribution in [1.82, 2.24) is 14.1 Å². The van der Waals surface area contributed by atoms with Crippen molar-refractivity contribution < 1.29 is 14.3 Å². The van der Waals surface area contributed by atoms with Gasteiger partial charge in [0, 0.05) is 29.2 Å². The van der Waals surface area contributed by atoms with E-state index in [0.29, 0.717) is 22.0 Å². The Morgan fingerprint density at radius 3 is 2.63 bits per heavy atom. The van der Waals surface area contributed by atoms with Gasteiger partial charge in [-0.15, -0.1) is 0 Å². The van der Waals surface area contributed by atoms with Gasteiger partial charge in [0.05, 0.1) is 36.4 Å². The smallest absolute Gasteiger partial charge is 0.337 e. The second kappa shape index (κ2) is 7.94. The summed E-state index contributed by atoms with van der Waals surface area (Å²) in [6.07, 6.45) is 4.15. The van der Waals surface area contributed by atoms with E-state index < -0.39 is 5.97 Å². The zero-order chi connectivity index (χ0) is 21.3. The molecular formula is C23H21N3O4. The lowest BCUT2D eigenvalue weighted by Crippen LogP contribution is -2.24. The summed E-state index contributed by atoms with van der Waals surface area (Å²) in [7, 11) is 1.29. The average molecular weight is 403 g/mol. The van der Waals surface area contributed by atoms with E-state index in [1.54, 1.807) is 0 Å². The number of ketones is 1. The summed E-state index contributed by atoms with van der Waals surface area (Å²) in [6, 6.07) is 12.3. The molecule has 2 aromatic carbocycles. The third-order valence-corrected chi connectivity index (χ3v) is 5.11. The maximum atomic E-state index is 13.1. The first-order chi connectivity index (χ1) is 14.5. The summed E-state index contributed by atoms with van der Waals surface area (Å²) in [6.45, 7) is 2.79. The topological polar surface area (TPSA) is 83.2 Å². The van der Waals surface area contributed by atoms with Crippen LogP contribution >= 0.6 is 0 Å². The molecule has 4 aromatic rings. The van der Waals surface area contributed by atoms with E-state index in [9.17, 15) is 14.4 Å². The van der Waals surface area contributed by atoms with E-state index in [1.807, 2.05) is 30.5 Å². The molecule has 0 atom stereocenters. The van der Waals surface area contributed by atoms with Gasteiger partial charge >= 0.3 is 5.97 Å². The molecule has 0 bridgehead atoms. The number of aryl methyl sites for hydroxylation is 1. The molecule has 0 amide bonds. The van der Waals surface area contributed by atoms with Gasteiger partial charge in [-0.25, -0.2) is 9.78 Å². The van der Waals surface area contributed by atoms with Crippen LogP contribution in [0.25, 0.3) is 21.8 Å². The first-order valence-corrected chi connectivity index (χ1v) is 9.72. The van der Waals surface area contributed by atoms with Crippen LogP contribution in [0.1, 0.15) is 34.1 Å². The first-order valence-electron chi connectivity index (χ1n) is 9.72. The SMILES string of the molecule is CCCn1cc(C(=O)Cn2cnc3cc(C(=O)OC)ccc3c2=O)c2ccccc21. The summed E-state index contributed by atoms with van der Waals surface area (Å²) >= 11 is 0. The Kier molecular flexibility index (Phi) is 5.18. The van der Waals surface area contributed by atoms with Crippen molar-refractivity contribution in [1.29, 1.82) is 0 Å². The van der Waals surface area contributed by atoms with Gasteiger partial charge in [-0.3, -0.25) is 14.2 Å². The van der Waals surface area contributed by atoms with Gasteiger partial charge in [0.15, 0.2) is 5.78 Å². The lowest BCUT2D eigenvalue weighted by molar-refractivity contribution is 0.0600. The molecule has 0 unspecified atom stereocenters. The third-order valence-electron chi connectivity index (χ3n) is 5.11. The van der Waals surface area contributed by atoms with E-state index >= 15 is 0 Å². The zero-order valence-corrected chi connectivity index (χ0v) is 16.8. The minimum absolute atomic E-state index is 0.110. The number of carbonyl (C=O) groups is 2. The minimum atomic E-state index is -0.499. The molecule has 7 nitrogen and oxygen atoms in total. The monoisotopic (exact) mass is 403 g/mol. The Morgan fingerprint density at radius 2 is 1.87 bits per heavy atom. The molecule has 30 heavy (non-hydrogen) atoms. The van der Waals surface area contributed by atoms with Crippen LogP contribution < -0.4 is 5.56 Å². The van der Waals surface area contributed by atoms with E-state index in [1.165, 1.54) is 36.2 Å². The normalized spacial score (nSPS) is 11.1. The molecular weight excluding hydrogens is 382 g/mol. The highest BCUT2D eigenvalue weighted by Gasteiger charge is 2.17. The number of hydrogen-bond donors (Lipinski definition) is 0. The molecule has 2 heterocycles. The van der Waals surface area contributed by atoms with Gasteiger partial charge in [-0.2, -0.15) is 0 Å². The molecule has 0 aliphatic rings. The van der Waals surface area contributed by atoms with Gasteiger partial charge < -0.3 is 9.30 Å². The number of benzene rings is 2. The van der Waals surface area contributed by atoms with Gasteiger partial charge in [-0.05, 0) is 30.7 Å². The van der Waals surface area contributed by atoms with Gasteiger partial charge in [0.2, 0.25) is 0 Å². The molecule has 152 valence electrons. The highest BCUT2D eigenvalue weighted by Crippen LogP contribution is 2.22. The molecule has 2 aromatic heterocycles. The summed E-state index contributed by atoms with van der Waals surface area (Å²) in [4.78, 5) is 41.9. The van der Waals surface area contributed by atoms with Crippen LogP contribution in [0.5, 0.6) is 0 Å². The maximum absolute atomic E-state index is 13.1. The third kappa shape index (κ3) is 3.39. The van der Waals surface area contributed by atoms with E-state index in [-0.39, 0.29) is 17.9 Å². The molecule has 0 aliphatic heterocycles. The molecule has 7 heteroatoms. The summed E-state index contributed by atoms with van der Waals surface area (Å²) in [5.74, 6) is -0.656. The van der Waals surface area contributed by atoms with Crippen molar-refractivity contribution in [3.05, 3.63) is 76.5 Å². The van der Waals surface area contributed by atoms with Crippen LogP contribution in [0, 0.1) is 0 Å². The Morgan fingerprint density at radius 1 is 1.07 bits per heavy atom. The Balaban J connectivity index is 1.70. The van der Waals surface area contributed by atoms with Crippen molar-refractivity contribution in [3.63, 3.8) is 0 Å². The fourth-order valence-corrected chi connectivity index (χ4v) is 3.65. The van der Waals surface area contributed by atoms with Crippen LogP contribution in [0.4, 0.5) is 0 Å². The van der Waals surface area contributed by atoms with Crippen molar-refractivity contribution in [3.8, 4) is 0 Å². The standard InChI is InChI=1S/C23H21N3O4/c1-3-10-25-12-18(16-6-4-5-7-20(16)25)21(27)13-26-14-24-19-11-15(23(29)30-2)8-9-17(19)22(26)28/h4-9,11-12,14H,3,10,13H2,1-2H3. The number of para-hydroxylation sites is 1.